The quantitative estimate of drug-likeness (QED) is 0.419. The molecule has 0 radical (unpaired) electrons. The van der Waals surface area contributed by atoms with Crippen molar-refractivity contribution in [1.29, 1.82) is 0 Å². The Bertz CT molecular complexity index is 932. The Morgan fingerprint density at radius 1 is 1.04 bits per heavy atom. The summed E-state index contributed by atoms with van der Waals surface area (Å²) in [5.41, 5.74) is 3.88. The van der Waals surface area contributed by atoms with Gasteiger partial charge in [-0.1, -0.05) is 61.2 Å². The number of hydrogen-bond acceptors (Lipinski definition) is 3. The van der Waals surface area contributed by atoms with Gasteiger partial charge in [-0.25, -0.2) is 5.43 Å². The fourth-order valence-corrected chi connectivity index (χ4v) is 2.44. The number of carbonyl (C=O) groups is 1. The van der Waals surface area contributed by atoms with Gasteiger partial charge in [0, 0.05) is 0 Å². The number of rotatable bonds is 6. The molecule has 0 unspecified atom stereocenters. The molecule has 0 spiro atoms. The molecule has 3 aromatic rings. The summed E-state index contributed by atoms with van der Waals surface area (Å²) in [6.07, 6.45) is 3.25. The first-order chi connectivity index (χ1) is 12.3. The number of nitrogens with zero attached hydrogens (tertiary/aromatic N) is 1. The maximum atomic E-state index is 12.3. The van der Waals surface area contributed by atoms with Gasteiger partial charge >= 0.3 is 0 Å². The van der Waals surface area contributed by atoms with Gasteiger partial charge < -0.3 is 4.74 Å². The summed E-state index contributed by atoms with van der Waals surface area (Å²) in [7, 11) is 0. The van der Waals surface area contributed by atoms with Crippen molar-refractivity contribution in [2.45, 2.75) is 0 Å². The van der Waals surface area contributed by atoms with Crippen LogP contribution < -0.4 is 10.2 Å². The van der Waals surface area contributed by atoms with Crippen LogP contribution in [0.2, 0.25) is 0 Å². The number of amides is 1. The van der Waals surface area contributed by atoms with E-state index in [0.717, 1.165) is 16.3 Å². The number of benzene rings is 3. The first-order valence-corrected chi connectivity index (χ1v) is 7.93. The Balaban J connectivity index is 1.71. The van der Waals surface area contributed by atoms with Crippen molar-refractivity contribution in [3.63, 3.8) is 0 Å². The minimum atomic E-state index is -0.322. The molecule has 3 aromatic carbocycles. The normalized spacial score (nSPS) is 10.7. The second kappa shape index (κ2) is 7.93. The van der Waals surface area contributed by atoms with Gasteiger partial charge in [0.05, 0.1) is 11.8 Å². The smallest absolute Gasteiger partial charge is 0.275 e. The zero-order valence-corrected chi connectivity index (χ0v) is 13.7. The predicted octanol–water partition coefficient (Wildman–Crippen LogP) is 4.17. The average Bonchev–Trinajstić information content (AvgIpc) is 2.66. The predicted molar refractivity (Wildman–Crippen MR) is 101 cm³/mol. The summed E-state index contributed by atoms with van der Waals surface area (Å²) in [5.74, 6) is 0.178. The zero-order valence-electron chi connectivity index (χ0n) is 13.7. The highest BCUT2D eigenvalue weighted by Gasteiger charge is 2.10. The molecule has 1 amide bonds. The van der Waals surface area contributed by atoms with Crippen LogP contribution in [0.4, 0.5) is 0 Å². The van der Waals surface area contributed by atoms with E-state index >= 15 is 0 Å². The van der Waals surface area contributed by atoms with Gasteiger partial charge in [-0.15, -0.1) is 0 Å². The van der Waals surface area contributed by atoms with E-state index in [1.54, 1.807) is 30.5 Å². The third kappa shape index (κ3) is 4.12. The molecule has 0 aliphatic carbocycles. The Morgan fingerprint density at radius 3 is 2.64 bits per heavy atom. The molecule has 0 aromatic heterocycles. The SMILES string of the molecule is C=CCOc1ccccc1C(=O)NN=Cc1ccc2ccccc2c1. The van der Waals surface area contributed by atoms with Crippen LogP contribution in [0.25, 0.3) is 10.8 Å². The van der Waals surface area contributed by atoms with E-state index in [0.29, 0.717) is 17.9 Å². The summed E-state index contributed by atoms with van der Waals surface area (Å²) in [6, 6.07) is 21.1. The molecule has 25 heavy (non-hydrogen) atoms. The minimum Gasteiger partial charge on any atom is -0.489 e. The van der Waals surface area contributed by atoms with Gasteiger partial charge in [0.15, 0.2) is 0 Å². The molecule has 4 heteroatoms. The van der Waals surface area contributed by atoms with Gasteiger partial charge in [-0.05, 0) is 34.5 Å². The molecule has 0 bridgehead atoms. The molecule has 0 saturated heterocycles. The van der Waals surface area contributed by atoms with Crippen LogP contribution >= 0.6 is 0 Å². The third-order valence-corrected chi connectivity index (χ3v) is 3.64. The molecule has 0 saturated carbocycles. The Morgan fingerprint density at radius 2 is 1.80 bits per heavy atom. The lowest BCUT2D eigenvalue weighted by molar-refractivity contribution is 0.0951. The standard InChI is InChI=1S/C21H18N2O2/c1-2-13-25-20-10-6-5-9-19(20)21(24)23-22-15-16-11-12-17-7-3-4-8-18(17)14-16/h2-12,14-15H,1,13H2,(H,23,24). The molecule has 0 aliphatic rings. The monoisotopic (exact) mass is 330 g/mol. The number of nitrogens with one attached hydrogen (secondary N) is 1. The Kier molecular flexibility index (Phi) is 5.22. The highest BCUT2D eigenvalue weighted by atomic mass is 16.5. The van der Waals surface area contributed by atoms with Gasteiger partial charge in [-0.3, -0.25) is 4.79 Å². The Hall–Kier alpha value is -3.40. The van der Waals surface area contributed by atoms with E-state index in [9.17, 15) is 4.79 Å². The van der Waals surface area contributed by atoms with E-state index in [-0.39, 0.29) is 5.91 Å². The van der Waals surface area contributed by atoms with Crippen LogP contribution in [0.3, 0.4) is 0 Å². The van der Waals surface area contributed by atoms with E-state index in [4.69, 9.17) is 4.74 Å². The lowest BCUT2D eigenvalue weighted by Gasteiger charge is -2.08. The summed E-state index contributed by atoms with van der Waals surface area (Å²) in [5, 5.41) is 6.34. The first kappa shape index (κ1) is 16.5. The van der Waals surface area contributed by atoms with Gasteiger partial charge in [0.2, 0.25) is 0 Å². The molecule has 4 nitrogen and oxygen atoms in total. The molecule has 0 heterocycles. The van der Waals surface area contributed by atoms with E-state index in [1.807, 2.05) is 42.5 Å². The Labute approximate surface area is 146 Å². The van der Waals surface area contributed by atoms with E-state index in [2.05, 4.69) is 23.2 Å². The number of para-hydroxylation sites is 1. The van der Waals surface area contributed by atoms with Crippen LogP contribution in [-0.2, 0) is 0 Å². The maximum Gasteiger partial charge on any atom is 0.275 e. The maximum absolute atomic E-state index is 12.3. The van der Waals surface area contributed by atoms with Crippen molar-refractivity contribution in [2.75, 3.05) is 6.61 Å². The molecular formula is C21H18N2O2. The minimum absolute atomic E-state index is 0.322. The van der Waals surface area contributed by atoms with Crippen molar-refractivity contribution in [1.82, 2.24) is 5.43 Å². The molecule has 3 rings (SSSR count). The highest BCUT2D eigenvalue weighted by molar-refractivity contribution is 5.97. The molecule has 0 aliphatic heterocycles. The second-order valence-corrected chi connectivity index (χ2v) is 5.40. The summed E-state index contributed by atoms with van der Waals surface area (Å²) in [6.45, 7) is 3.94. The second-order valence-electron chi connectivity index (χ2n) is 5.40. The third-order valence-electron chi connectivity index (χ3n) is 3.64. The lowest BCUT2D eigenvalue weighted by Crippen LogP contribution is -2.18. The van der Waals surface area contributed by atoms with E-state index < -0.39 is 0 Å². The fourth-order valence-electron chi connectivity index (χ4n) is 2.44. The highest BCUT2D eigenvalue weighted by Crippen LogP contribution is 2.18. The van der Waals surface area contributed by atoms with Crippen molar-refractivity contribution >= 4 is 22.9 Å². The van der Waals surface area contributed by atoms with Crippen LogP contribution in [0.1, 0.15) is 15.9 Å². The van der Waals surface area contributed by atoms with Gasteiger partial charge in [0.25, 0.3) is 5.91 Å². The van der Waals surface area contributed by atoms with Crippen molar-refractivity contribution in [3.05, 3.63) is 90.5 Å². The number of hydrogen-bond donors (Lipinski definition) is 1. The largest absolute Gasteiger partial charge is 0.489 e. The number of carbonyl (C=O) groups excluding carboxylic acids is 1. The van der Waals surface area contributed by atoms with Gasteiger partial charge in [0.1, 0.15) is 12.4 Å². The van der Waals surface area contributed by atoms with Crippen LogP contribution in [0.5, 0.6) is 5.75 Å². The van der Waals surface area contributed by atoms with Crippen LogP contribution in [-0.4, -0.2) is 18.7 Å². The van der Waals surface area contributed by atoms with Crippen molar-refractivity contribution in [2.24, 2.45) is 5.10 Å². The molecular weight excluding hydrogens is 312 g/mol. The van der Waals surface area contributed by atoms with Gasteiger partial charge in [-0.2, -0.15) is 5.10 Å². The average molecular weight is 330 g/mol. The number of ether oxygens (including phenoxy) is 1. The molecule has 0 atom stereocenters. The first-order valence-electron chi connectivity index (χ1n) is 7.93. The zero-order chi connectivity index (χ0) is 17.5. The summed E-state index contributed by atoms with van der Waals surface area (Å²) in [4.78, 5) is 12.3. The summed E-state index contributed by atoms with van der Waals surface area (Å²) < 4.78 is 5.49. The summed E-state index contributed by atoms with van der Waals surface area (Å²) >= 11 is 0. The molecule has 1 N–H and O–H groups in total. The van der Waals surface area contributed by atoms with E-state index in [1.165, 1.54) is 0 Å². The van der Waals surface area contributed by atoms with Crippen LogP contribution in [0.15, 0.2) is 84.5 Å². The molecule has 124 valence electrons. The lowest BCUT2D eigenvalue weighted by atomic mass is 10.1. The van der Waals surface area contributed by atoms with Crippen molar-refractivity contribution < 1.29 is 9.53 Å². The van der Waals surface area contributed by atoms with Crippen molar-refractivity contribution in [3.8, 4) is 5.75 Å². The van der Waals surface area contributed by atoms with Crippen LogP contribution in [0, 0.1) is 0 Å². The number of fused-ring (bicyclic) bond motifs is 1. The topological polar surface area (TPSA) is 50.7 Å². The number of hydrazone groups is 1. The molecule has 0 fully saturated rings. The fraction of sp³-hybridized carbons (Fsp3) is 0.0476.